The van der Waals surface area contributed by atoms with Gasteiger partial charge in [0.25, 0.3) is 7.82 Å². The van der Waals surface area contributed by atoms with E-state index >= 15 is 0 Å². The van der Waals surface area contributed by atoms with Crippen molar-refractivity contribution in [3.63, 3.8) is 0 Å². The van der Waals surface area contributed by atoms with Gasteiger partial charge in [-0.3, -0.25) is 9.36 Å². The lowest BCUT2D eigenvalue weighted by Gasteiger charge is -2.28. The lowest BCUT2D eigenvalue weighted by atomic mass is 10.0. The molecule has 0 aromatic carbocycles. The van der Waals surface area contributed by atoms with Crippen molar-refractivity contribution >= 4 is 13.8 Å². The molecule has 0 aliphatic heterocycles. The van der Waals surface area contributed by atoms with E-state index in [9.17, 15) is 14.3 Å². The molecule has 0 saturated carbocycles. The van der Waals surface area contributed by atoms with Crippen molar-refractivity contribution in [3.8, 4) is 0 Å². The highest BCUT2D eigenvalue weighted by Gasteiger charge is 2.20. The quantitative estimate of drug-likeness (QED) is 0.0260. The second-order valence-corrected chi connectivity index (χ2v) is 20.0. The summed E-state index contributed by atoms with van der Waals surface area (Å²) in [6.07, 6.45) is 46.9. The first-order valence-corrected chi connectivity index (χ1v) is 26.7. The Morgan fingerprint density at radius 3 is 1.14 bits per heavy atom. The van der Waals surface area contributed by atoms with E-state index in [0.29, 0.717) is 24.1 Å². The Hall–Kier alpha value is -0.500. The zero-order valence-corrected chi connectivity index (χ0v) is 40.4. The highest BCUT2D eigenvalue weighted by molar-refractivity contribution is 7.45. The van der Waals surface area contributed by atoms with Crippen LogP contribution in [-0.4, -0.2) is 70.7 Å². The fourth-order valence-corrected chi connectivity index (χ4v) is 8.22. The van der Waals surface area contributed by atoms with Crippen LogP contribution in [0.3, 0.4) is 0 Å². The van der Waals surface area contributed by atoms with E-state index in [0.717, 1.165) is 32.1 Å². The molecule has 2 atom stereocenters. The highest BCUT2D eigenvalue weighted by atomic mass is 31.2. The Balaban J connectivity index is 4.05. The Bertz CT molecular complexity index is 899. The van der Waals surface area contributed by atoms with Crippen LogP contribution in [-0.2, 0) is 27.9 Å². The average molecular weight is 846 g/mol. The first kappa shape index (κ1) is 57.5. The summed E-state index contributed by atoms with van der Waals surface area (Å²) >= 11 is 0. The Labute approximate surface area is 361 Å². The van der Waals surface area contributed by atoms with Crippen molar-refractivity contribution in [3.05, 3.63) is 0 Å². The average Bonchev–Trinajstić information content (AvgIpc) is 3.18. The standard InChI is InChI=1S/C49H100NO7P/c1-6-8-10-12-14-16-18-20-22-23-24-25-26-27-28-29-31-33-35-37-39-41-44-54-46-48(47-56-58(52,53)55-45-43-50(3,4)5)57-49(51)42-40-38-36-34-32-30-21-19-17-15-13-11-9-7-2/h48H,6-47H2,1-5H3. The van der Waals surface area contributed by atoms with E-state index in [2.05, 4.69) is 13.8 Å². The third-order valence-corrected chi connectivity index (χ3v) is 12.4. The van der Waals surface area contributed by atoms with Crippen molar-refractivity contribution in [1.82, 2.24) is 0 Å². The minimum Gasteiger partial charge on any atom is -0.756 e. The van der Waals surface area contributed by atoms with Crippen molar-refractivity contribution in [2.75, 3.05) is 54.1 Å². The molecular formula is C49H100NO7P. The zero-order chi connectivity index (χ0) is 42.7. The minimum atomic E-state index is -4.52. The summed E-state index contributed by atoms with van der Waals surface area (Å²) in [5.74, 6) is -0.327. The number of hydrogen-bond donors (Lipinski definition) is 0. The molecule has 0 aromatic rings. The molecule has 9 heteroatoms. The monoisotopic (exact) mass is 846 g/mol. The molecule has 0 fully saturated rings. The number of ether oxygens (including phenoxy) is 2. The van der Waals surface area contributed by atoms with Crippen LogP contribution in [0.25, 0.3) is 0 Å². The molecule has 0 aliphatic rings. The lowest BCUT2D eigenvalue weighted by Crippen LogP contribution is -2.37. The van der Waals surface area contributed by atoms with Crippen molar-refractivity contribution in [1.29, 1.82) is 0 Å². The summed E-state index contributed by atoms with van der Waals surface area (Å²) in [6.45, 7) is 5.48. The maximum atomic E-state index is 12.7. The maximum Gasteiger partial charge on any atom is 0.306 e. The van der Waals surface area contributed by atoms with Gasteiger partial charge in [-0.15, -0.1) is 0 Å². The predicted octanol–water partition coefficient (Wildman–Crippen LogP) is 14.6. The van der Waals surface area contributed by atoms with Gasteiger partial charge < -0.3 is 27.9 Å². The topological polar surface area (TPSA) is 94.1 Å². The normalized spacial score (nSPS) is 13.6. The molecule has 0 rings (SSSR count). The second-order valence-electron chi connectivity index (χ2n) is 18.5. The van der Waals surface area contributed by atoms with E-state index in [1.807, 2.05) is 21.1 Å². The smallest absolute Gasteiger partial charge is 0.306 e. The fraction of sp³-hybridized carbons (Fsp3) is 0.980. The summed E-state index contributed by atoms with van der Waals surface area (Å²) in [6, 6.07) is 0. The fourth-order valence-electron chi connectivity index (χ4n) is 7.49. The number of quaternary nitrogens is 1. The number of likely N-dealkylation sites (N-methyl/N-ethyl adjacent to an activating group) is 1. The van der Waals surface area contributed by atoms with Crippen LogP contribution in [0.5, 0.6) is 0 Å². The summed E-state index contributed by atoms with van der Waals surface area (Å²) < 4.78 is 34.7. The first-order chi connectivity index (χ1) is 28.1. The van der Waals surface area contributed by atoms with Crippen molar-refractivity contribution < 1.29 is 37.3 Å². The number of hydrogen-bond acceptors (Lipinski definition) is 7. The molecule has 8 nitrogen and oxygen atoms in total. The van der Waals surface area contributed by atoms with Gasteiger partial charge in [-0.1, -0.05) is 232 Å². The molecule has 0 aromatic heterocycles. The number of esters is 1. The van der Waals surface area contributed by atoms with Crippen LogP contribution in [0.1, 0.15) is 251 Å². The van der Waals surface area contributed by atoms with Crippen LogP contribution in [0.4, 0.5) is 0 Å². The largest absolute Gasteiger partial charge is 0.756 e. The summed E-state index contributed by atoms with van der Waals surface area (Å²) in [7, 11) is 1.38. The number of carbonyl (C=O) groups is 1. The number of phosphoric acid groups is 1. The SMILES string of the molecule is CCCCCCCCCCCCCCCCCCCCCCCCOCC(COP(=O)([O-])OCC[N+](C)(C)C)OC(=O)CCCCCCCCCCCCCCCC. The van der Waals surface area contributed by atoms with Crippen LogP contribution in [0.2, 0.25) is 0 Å². The van der Waals surface area contributed by atoms with Crippen LogP contribution < -0.4 is 4.89 Å². The van der Waals surface area contributed by atoms with Crippen LogP contribution >= 0.6 is 7.82 Å². The molecule has 0 saturated heterocycles. The lowest BCUT2D eigenvalue weighted by molar-refractivity contribution is -0.870. The third kappa shape index (κ3) is 46.6. The van der Waals surface area contributed by atoms with Crippen LogP contribution in [0, 0.1) is 0 Å². The number of rotatable bonds is 48. The van der Waals surface area contributed by atoms with E-state index < -0.39 is 13.9 Å². The highest BCUT2D eigenvalue weighted by Crippen LogP contribution is 2.38. The van der Waals surface area contributed by atoms with Gasteiger partial charge in [-0.2, -0.15) is 0 Å². The number of nitrogens with zero attached hydrogens (tertiary/aromatic N) is 1. The molecule has 0 heterocycles. The number of carbonyl (C=O) groups excluding carboxylic acids is 1. The van der Waals surface area contributed by atoms with E-state index in [1.54, 1.807) is 0 Å². The zero-order valence-electron chi connectivity index (χ0n) is 39.5. The minimum absolute atomic E-state index is 0.0316. The maximum absolute atomic E-state index is 12.7. The molecule has 0 amide bonds. The predicted molar refractivity (Wildman–Crippen MR) is 245 cm³/mol. The number of unbranched alkanes of at least 4 members (excludes halogenated alkanes) is 34. The van der Waals surface area contributed by atoms with Gasteiger partial charge in [0, 0.05) is 13.0 Å². The van der Waals surface area contributed by atoms with Crippen molar-refractivity contribution in [2.24, 2.45) is 0 Å². The Morgan fingerprint density at radius 2 is 0.793 bits per heavy atom. The second kappa shape index (κ2) is 43.2. The van der Waals surface area contributed by atoms with Gasteiger partial charge in [0.15, 0.2) is 0 Å². The van der Waals surface area contributed by atoms with Crippen molar-refractivity contribution in [2.45, 2.75) is 258 Å². The van der Waals surface area contributed by atoms with Gasteiger partial charge in [-0.25, -0.2) is 0 Å². The van der Waals surface area contributed by atoms with E-state index in [1.165, 1.54) is 199 Å². The molecular weight excluding hydrogens is 746 g/mol. The van der Waals surface area contributed by atoms with Crippen LogP contribution in [0.15, 0.2) is 0 Å². The molecule has 0 bridgehead atoms. The Morgan fingerprint density at radius 1 is 0.466 bits per heavy atom. The molecule has 348 valence electrons. The molecule has 0 N–H and O–H groups in total. The number of phosphoric ester groups is 1. The van der Waals surface area contributed by atoms with E-state index in [4.69, 9.17) is 18.5 Å². The summed E-state index contributed by atoms with van der Waals surface area (Å²) in [5.41, 5.74) is 0. The van der Waals surface area contributed by atoms with E-state index in [-0.39, 0.29) is 25.8 Å². The molecule has 58 heavy (non-hydrogen) atoms. The molecule has 0 radical (unpaired) electrons. The molecule has 0 spiro atoms. The van der Waals surface area contributed by atoms with Gasteiger partial charge in [-0.05, 0) is 12.8 Å². The summed E-state index contributed by atoms with van der Waals surface area (Å²) in [5, 5.41) is 0. The third-order valence-electron chi connectivity index (χ3n) is 11.4. The molecule has 2 unspecified atom stereocenters. The van der Waals surface area contributed by atoms with Gasteiger partial charge >= 0.3 is 5.97 Å². The van der Waals surface area contributed by atoms with Gasteiger partial charge in [0.05, 0.1) is 34.4 Å². The molecule has 0 aliphatic carbocycles. The Kier molecular flexibility index (Phi) is 42.8. The van der Waals surface area contributed by atoms with Gasteiger partial charge in [0.2, 0.25) is 0 Å². The summed E-state index contributed by atoms with van der Waals surface area (Å²) in [4.78, 5) is 25.1. The first-order valence-electron chi connectivity index (χ1n) is 25.3. The van der Waals surface area contributed by atoms with Gasteiger partial charge in [0.1, 0.15) is 19.3 Å².